The highest BCUT2D eigenvalue weighted by atomic mass is 79.9. The Hall–Kier alpha value is -1.36. The van der Waals surface area contributed by atoms with Gasteiger partial charge >= 0.3 is 5.97 Å². The number of carbonyl (C=O) groups is 1. The lowest BCUT2D eigenvalue weighted by Crippen LogP contribution is -2.02. The number of hydrogen-bond donors (Lipinski definition) is 0. The lowest BCUT2D eigenvalue weighted by molar-refractivity contribution is 0.0526. The standard InChI is InChI=1S/C11H9BrFNO2/c1-2-16-11(15)7-5-8-3-4-9(12)10(13)14(8)6-7/h3-6H,2H2,1H3. The fraction of sp³-hybridized carbons (Fsp3) is 0.182. The Labute approximate surface area is 100.0 Å². The van der Waals surface area contributed by atoms with E-state index in [0.717, 1.165) is 0 Å². The van der Waals surface area contributed by atoms with Gasteiger partial charge in [-0.1, -0.05) is 0 Å². The molecule has 0 unspecified atom stereocenters. The molecule has 0 fully saturated rings. The van der Waals surface area contributed by atoms with Crippen molar-refractivity contribution in [2.24, 2.45) is 0 Å². The molecule has 2 aromatic rings. The lowest BCUT2D eigenvalue weighted by atomic mass is 10.3. The molecule has 0 radical (unpaired) electrons. The van der Waals surface area contributed by atoms with Crippen molar-refractivity contribution in [2.45, 2.75) is 6.92 Å². The Morgan fingerprint density at radius 3 is 3.00 bits per heavy atom. The zero-order valence-corrected chi connectivity index (χ0v) is 10.1. The number of aromatic nitrogens is 1. The molecule has 16 heavy (non-hydrogen) atoms. The second kappa shape index (κ2) is 4.25. The van der Waals surface area contributed by atoms with E-state index in [1.165, 1.54) is 10.6 Å². The third-order valence-corrected chi connectivity index (χ3v) is 2.76. The van der Waals surface area contributed by atoms with Crippen molar-refractivity contribution in [1.29, 1.82) is 0 Å². The first kappa shape index (κ1) is 11.1. The molecule has 0 aliphatic carbocycles. The summed E-state index contributed by atoms with van der Waals surface area (Å²) in [6.45, 7) is 2.03. The van der Waals surface area contributed by atoms with Crippen molar-refractivity contribution in [2.75, 3.05) is 6.61 Å². The Kier molecular flexibility index (Phi) is 2.96. The van der Waals surface area contributed by atoms with Gasteiger partial charge in [-0.15, -0.1) is 0 Å². The maximum atomic E-state index is 13.6. The Balaban J connectivity index is 2.52. The maximum Gasteiger partial charge on any atom is 0.339 e. The minimum Gasteiger partial charge on any atom is -0.462 e. The number of pyridine rings is 1. The summed E-state index contributed by atoms with van der Waals surface area (Å²) in [5.41, 5.74) is 0.961. The quantitative estimate of drug-likeness (QED) is 0.627. The molecule has 2 aromatic heterocycles. The fourth-order valence-corrected chi connectivity index (χ4v) is 1.77. The highest BCUT2D eigenvalue weighted by Gasteiger charge is 2.12. The summed E-state index contributed by atoms with van der Waals surface area (Å²) < 4.78 is 20.1. The van der Waals surface area contributed by atoms with E-state index in [9.17, 15) is 9.18 Å². The summed E-state index contributed by atoms with van der Waals surface area (Å²) in [5.74, 6) is -0.880. The van der Waals surface area contributed by atoms with Gasteiger partial charge in [0.05, 0.1) is 16.6 Å². The highest BCUT2D eigenvalue weighted by Crippen LogP contribution is 2.20. The SMILES string of the molecule is CCOC(=O)c1cc2ccc(Br)c(F)n2c1. The van der Waals surface area contributed by atoms with Crippen molar-refractivity contribution in [1.82, 2.24) is 4.40 Å². The number of rotatable bonds is 2. The first-order chi connectivity index (χ1) is 7.63. The molecule has 2 heterocycles. The van der Waals surface area contributed by atoms with Crippen molar-refractivity contribution >= 4 is 27.4 Å². The Morgan fingerprint density at radius 1 is 1.56 bits per heavy atom. The zero-order valence-electron chi connectivity index (χ0n) is 8.54. The van der Waals surface area contributed by atoms with Crippen LogP contribution in [-0.4, -0.2) is 17.0 Å². The third-order valence-electron chi connectivity index (χ3n) is 2.17. The fourth-order valence-electron chi connectivity index (χ4n) is 1.45. The van der Waals surface area contributed by atoms with Crippen molar-refractivity contribution in [3.05, 3.63) is 40.4 Å². The van der Waals surface area contributed by atoms with Crippen LogP contribution in [0.1, 0.15) is 17.3 Å². The number of fused-ring (bicyclic) bond motifs is 1. The summed E-state index contributed by atoms with van der Waals surface area (Å²) in [6, 6.07) is 4.91. The van der Waals surface area contributed by atoms with E-state index in [0.29, 0.717) is 22.2 Å². The van der Waals surface area contributed by atoms with Crippen LogP contribution in [0.2, 0.25) is 0 Å². The molecule has 0 saturated heterocycles. The van der Waals surface area contributed by atoms with Crippen LogP contribution in [0.5, 0.6) is 0 Å². The summed E-state index contributed by atoms with van der Waals surface area (Å²) in [4.78, 5) is 11.4. The third kappa shape index (κ3) is 1.82. The van der Waals surface area contributed by atoms with Crippen molar-refractivity contribution in [3.8, 4) is 0 Å². The number of ether oxygens (including phenoxy) is 1. The number of halogens is 2. The molecule has 3 nitrogen and oxygen atoms in total. The van der Waals surface area contributed by atoms with Gasteiger partial charge in [0.2, 0.25) is 5.95 Å². The first-order valence-electron chi connectivity index (χ1n) is 4.76. The molecule has 0 bridgehead atoms. The van der Waals surface area contributed by atoms with Gasteiger partial charge in [0.1, 0.15) is 0 Å². The average molecular weight is 286 g/mol. The van der Waals surface area contributed by atoms with E-state index in [1.807, 2.05) is 0 Å². The van der Waals surface area contributed by atoms with Crippen LogP contribution >= 0.6 is 15.9 Å². The molecule has 0 spiro atoms. The van der Waals surface area contributed by atoms with E-state index in [-0.39, 0.29) is 0 Å². The van der Waals surface area contributed by atoms with Gasteiger partial charge < -0.3 is 4.74 Å². The molecular weight excluding hydrogens is 277 g/mol. The maximum absolute atomic E-state index is 13.6. The first-order valence-corrected chi connectivity index (χ1v) is 5.56. The molecule has 0 N–H and O–H groups in total. The van der Waals surface area contributed by atoms with Gasteiger partial charge in [-0.05, 0) is 41.1 Å². The van der Waals surface area contributed by atoms with Gasteiger partial charge in [-0.3, -0.25) is 4.40 Å². The summed E-state index contributed by atoms with van der Waals surface area (Å²) in [5, 5.41) is 0. The van der Waals surface area contributed by atoms with Crippen molar-refractivity contribution < 1.29 is 13.9 Å². The average Bonchev–Trinajstić information content (AvgIpc) is 2.69. The van der Waals surface area contributed by atoms with Crippen molar-refractivity contribution in [3.63, 3.8) is 0 Å². The zero-order chi connectivity index (χ0) is 11.7. The topological polar surface area (TPSA) is 30.7 Å². The predicted molar refractivity (Wildman–Crippen MR) is 61.0 cm³/mol. The van der Waals surface area contributed by atoms with Crippen LogP contribution in [-0.2, 0) is 4.74 Å². The Bertz CT molecular complexity index is 550. The highest BCUT2D eigenvalue weighted by molar-refractivity contribution is 9.10. The van der Waals surface area contributed by atoms with Gasteiger partial charge in [0.15, 0.2) is 0 Å². The number of esters is 1. The van der Waals surface area contributed by atoms with Crippen LogP contribution < -0.4 is 0 Å². The van der Waals surface area contributed by atoms with E-state index < -0.39 is 11.9 Å². The molecular formula is C11H9BrFNO2. The second-order valence-corrected chi connectivity index (χ2v) is 4.07. The molecule has 5 heteroatoms. The van der Waals surface area contributed by atoms with Gasteiger partial charge in [-0.25, -0.2) is 4.79 Å². The van der Waals surface area contributed by atoms with E-state index >= 15 is 0 Å². The van der Waals surface area contributed by atoms with Crippen LogP contribution in [0.25, 0.3) is 5.52 Å². The molecule has 84 valence electrons. The molecule has 0 atom stereocenters. The largest absolute Gasteiger partial charge is 0.462 e. The van der Waals surface area contributed by atoms with Crippen LogP contribution in [0, 0.1) is 5.95 Å². The van der Waals surface area contributed by atoms with E-state index in [4.69, 9.17) is 4.74 Å². The van der Waals surface area contributed by atoms with Crippen LogP contribution in [0.15, 0.2) is 28.9 Å². The minimum absolute atomic E-state index is 0.303. The van der Waals surface area contributed by atoms with E-state index in [2.05, 4.69) is 15.9 Å². The van der Waals surface area contributed by atoms with E-state index in [1.54, 1.807) is 25.1 Å². The Morgan fingerprint density at radius 2 is 2.31 bits per heavy atom. The monoisotopic (exact) mass is 285 g/mol. The van der Waals surface area contributed by atoms with Gasteiger partial charge in [-0.2, -0.15) is 4.39 Å². The van der Waals surface area contributed by atoms with Gasteiger partial charge in [0, 0.05) is 11.7 Å². The smallest absolute Gasteiger partial charge is 0.339 e. The minimum atomic E-state index is -0.443. The summed E-state index contributed by atoms with van der Waals surface area (Å²) in [6.07, 6.45) is 1.42. The molecule has 2 rings (SSSR count). The molecule has 0 aliphatic rings. The van der Waals surface area contributed by atoms with Gasteiger partial charge in [0.25, 0.3) is 0 Å². The molecule has 0 aromatic carbocycles. The number of hydrogen-bond acceptors (Lipinski definition) is 2. The van der Waals surface area contributed by atoms with Crippen LogP contribution in [0.4, 0.5) is 4.39 Å². The lowest BCUT2D eigenvalue weighted by Gasteiger charge is -1.98. The summed E-state index contributed by atoms with van der Waals surface area (Å²) >= 11 is 3.08. The molecule has 0 amide bonds. The second-order valence-electron chi connectivity index (χ2n) is 3.22. The number of carbonyl (C=O) groups excluding carboxylic acids is 1. The molecule has 0 aliphatic heterocycles. The number of nitrogens with zero attached hydrogens (tertiary/aromatic N) is 1. The summed E-state index contributed by atoms with van der Waals surface area (Å²) in [7, 11) is 0. The predicted octanol–water partition coefficient (Wildman–Crippen LogP) is 3.02. The normalized spacial score (nSPS) is 10.7. The molecule has 0 saturated carbocycles. The van der Waals surface area contributed by atoms with Crippen LogP contribution in [0.3, 0.4) is 0 Å².